The summed E-state index contributed by atoms with van der Waals surface area (Å²) in [7, 11) is 0. The van der Waals surface area contributed by atoms with E-state index in [-0.39, 0.29) is 54.3 Å². The lowest BCUT2D eigenvalue weighted by Gasteiger charge is -2.35. The average Bonchev–Trinajstić information content (AvgIpc) is 4.04. The van der Waals surface area contributed by atoms with Gasteiger partial charge in [-0.3, -0.25) is 24.1 Å². The van der Waals surface area contributed by atoms with E-state index in [0.717, 1.165) is 11.1 Å². The van der Waals surface area contributed by atoms with Gasteiger partial charge in [-0.25, -0.2) is 9.37 Å². The number of nitrogens with zero attached hydrogens (tertiary/aromatic N) is 5. The molecule has 69 heavy (non-hydrogen) atoms. The molecule has 4 aromatic carbocycles. The van der Waals surface area contributed by atoms with Crippen LogP contribution < -0.4 is 25.2 Å². The molecule has 0 saturated carbocycles. The maximum absolute atomic E-state index is 15.8. The van der Waals surface area contributed by atoms with Crippen LogP contribution in [0.4, 0.5) is 15.8 Å². The van der Waals surface area contributed by atoms with E-state index in [1.54, 1.807) is 67.4 Å². The minimum atomic E-state index is -1.15. The highest BCUT2D eigenvalue weighted by atomic mass is 35.5. The first-order chi connectivity index (χ1) is 32.9. The molecule has 2 aliphatic heterocycles. The van der Waals surface area contributed by atoms with Gasteiger partial charge < -0.3 is 39.4 Å². The number of ether oxygens (including phenoxy) is 2. The van der Waals surface area contributed by atoms with Crippen LogP contribution >= 0.6 is 23.8 Å². The van der Waals surface area contributed by atoms with E-state index in [9.17, 15) is 29.5 Å². The summed E-state index contributed by atoms with van der Waals surface area (Å²) in [4.78, 5) is 62.2. The second-order valence-corrected chi connectivity index (χ2v) is 19.2. The van der Waals surface area contributed by atoms with Gasteiger partial charge in [0.05, 0.1) is 35.2 Å². The van der Waals surface area contributed by atoms with Gasteiger partial charge in [-0.1, -0.05) is 68.8 Å². The Kier molecular flexibility index (Phi) is 15.5. The number of aliphatic hydroxyl groups excluding tert-OH is 1. The fourth-order valence-electron chi connectivity index (χ4n) is 8.23. The smallest absolute Gasteiger partial charge is 0.259 e. The van der Waals surface area contributed by atoms with Crippen LogP contribution in [-0.4, -0.2) is 93.8 Å². The van der Waals surface area contributed by atoms with Crippen molar-refractivity contribution >= 4 is 63.9 Å². The quantitative estimate of drug-likeness (QED) is 0.0613. The Morgan fingerprint density at radius 3 is 2.36 bits per heavy atom. The van der Waals surface area contributed by atoms with Crippen molar-refractivity contribution in [2.24, 2.45) is 5.41 Å². The number of rotatable bonds is 17. The fraction of sp³-hybridized carbons (Fsp3) is 0.353. The van der Waals surface area contributed by atoms with Crippen molar-refractivity contribution in [3.05, 3.63) is 119 Å². The molecular weight excluding hydrogens is 925 g/mol. The van der Waals surface area contributed by atoms with Crippen molar-refractivity contribution in [3.8, 4) is 34.3 Å². The highest BCUT2D eigenvalue weighted by molar-refractivity contribution is 7.81. The Hall–Kier alpha value is -6.71. The van der Waals surface area contributed by atoms with Crippen LogP contribution in [0.3, 0.4) is 0 Å². The number of anilines is 2. The van der Waals surface area contributed by atoms with Gasteiger partial charge in [-0.05, 0) is 104 Å². The van der Waals surface area contributed by atoms with Crippen molar-refractivity contribution < 1.29 is 42.6 Å². The predicted octanol–water partition coefficient (Wildman–Crippen LogP) is 7.57. The standard InChI is InChI=1S/C51H53ClFN7O8S/c1-50(2,3)45(47(64)58-28-37(61)24-42(58)46(63)56-26-31-8-10-33(11-9-31)43-27-55-30-68-43)57-44(62)29-66-20-6-7-21-67-38-17-13-32(14-18-38)39-19-16-36(23-41(39)53)60-49(69)59(48(65)51(60,4)5)35-15-12-34(25-54)40(52)22-35/h8-19,22-23,27,30,37,42,45,61H,6-7,20-21,24,26,28-29H2,1-5H3,(H,56,63)(H,57,62)/t37-,42+,45?/m1/s1. The number of hydrogen-bond donors (Lipinski definition) is 3. The van der Waals surface area contributed by atoms with Gasteiger partial charge in [-0.15, -0.1) is 0 Å². The molecule has 7 rings (SSSR count). The topological polar surface area (TPSA) is 191 Å². The average molecular weight is 979 g/mol. The SMILES string of the molecule is CC(C)(C)C(NC(=O)COCCCCOc1ccc(-c2ccc(N3C(=S)N(c4ccc(C#N)c(Cl)c4)C(=O)C3(C)C)cc2F)cc1)C(=O)N1C[C@H](O)C[C@H]1C(=O)NCc1ccc(-c2cnco2)cc1. The molecule has 0 aliphatic carbocycles. The molecule has 2 aliphatic rings. The van der Waals surface area contributed by atoms with E-state index in [1.807, 2.05) is 51.1 Å². The summed E-state index contributed by atoms with van der Waals surface area (Å²) in [6.45, 7) is 9.35. The third kappa shape index (κ3) is 11.4. The minimum absolute atomic E-state index is 0.0423. The van der Waals surface area contributed by atoms with Crippen LogP contribution in [0.25, 0.3) is 22.5 Å². The third-order valence-corrected chi connectivity index (χ3v) is 12.7. The summed E-state index contributed by atoms with van der Waals surface area (Å²) in [6.07, 6.45) is 3.33. The number of halogens is 2. The van der Waals surface area contributed by atoms with Crippen molar-refractivity contribution in [1.82, 2.24) is 20.5 Å². The lowest BCUT2D eigenvalue weighted by molar-refractivity contribution is -0.144. The maximum Gasteiger partial charge on any atom is 0.259 e. The first-order valence-electron chi connectivity index (χ1n) is 22.4. The molecule has 0 bridgehead atoms. The minimum Gasteiger partial charge on any atom is -0.494 e. The van der Waals surface area contributed by atoms with Crippen LogP contribution in [0.2, 0.25) is 5.02 Å². The second-order valence-electron chi connectivity index (χ2n) is 18.4. The van der Waals surface area contributed by atoms with E-state index >= 15 is 4.39 Å². The number of thiocarbonyl (C=S) groups is 1. The number of aliphatic hydroxyl groups is 1. The predicted molar refractivity (Wildman–Crippen MR) is 261 cm³/mol. The summed E-state index contributed by atoms with van der Waals surface area (Å²) in [5.74, 6) is -1.00. The summed E-state index contributed by atoms with van der Waals surface area (Å²) in [5, 5.41) is 25.8. The zero-order chi connectivity index (χ0) is 49.6. The van der Waals surface area contributed by atoms with Gasteiger partial charge in [0, 0.05) is 42.9 Å². The number of carbonyl (C=O) groups is 4. The van der Waals surface area contributed by atoms with Gasteiger partial charge in [0.2, 0.25) is 17.7 Å². The zero-order valence-electron chi connectivity index (χ0n) is 38.8. The molecule has 3 N–H and O–H groups in total. The molecule has 0 radical (unpaired) electrons. The van der Waals surface area contributed by atoms with E-state index in [2.05, 4.69) is 15.6 Å². The molecule has 0 spiro atoms. The lowest BCUT2D eigenvalue weighted by Crippen LogP contribution is -2.58. The van der Waals surface area contributed by atoms with E-state index in [4.69, 9.17) is 37.7 Å². The normalized spacial score (nSPS) is 17.2. The van der Waals surface area contributed by atoms with Gasteiger partial charge >= 0.3 is 0 Å². The molecule has 15 nitrogen and oxygen atoms in total. The third-order valence-electron chi connectivity index (χ3n) is 12.0. The summed E-state index contributed by atoms with van der Waals surface area (Å²) >= 11 is 12.0. The number of likely N-dealkylation sites (tertiary alicyclic amines) is 1. The van der Waals surface area contributed by atoms with Crippen molar-refractivity contribution in [2.45, 2.75) is 84.2 Å². The van der Waals surface area contributed by atoms with Crippen molar-refractivity contribution in [3.63, 3.8) is 0 Å². The van der Waals surface area contributed by atoms with Crippen molar-refractivity contribution in [2.75, 3.05) is 36.2 Å². The van der Waals surface area contributed by atoms with E-state index in [1.165, 1.54) is 34.4 Å². The lowest BCUT2D eigenvalue weighted by atomic mass is 9.85. The molecule has 3 heterocycles. The fourth-order valence-corrected chi connectivity index (χ4v) is 8.97. The first-order valence-corrected chi connectivity index (χ1v) is 23.2. The Bertz CT molecular complexity index is 2740. The van der Waals surface area contributed by atoms with Crippen LogP contribution in [0.1, 0.15) is 65.0 Å². The molecular formula is C51H53ClFN7O8S. The molecule has 5 aromatic rings. The molecule has 18 heteroatoms. The highest BCUT2D eigenvalue weighted by Crippen LogP contribution is 2.39. The van der Waals surface area contributed by atoms with Gasteiger partial charge in [0.25, 0.3) is 5.91 Å². The molecule has 360 valence electrons. The highest BCUT2D eigenvalue weighted by Gasteiger charge is 2.50. The van der Waals surface area contributed by atoms with Gasteiger partial charge in [-0.2, -0.15) is 5.26 Å². The second kappa shape index (κ2) is 21.3. The Labute approximate surface area is 410 Å². The molecule has 4 amide bonds. The Balaban J connectivity index is 0.843. The number of nitriles is 1. The number of β-amino-alcohol motifs (C(OH)–C–C–N with tert-alkyl or cyclic N) is 1. The number of benzene rings is 4. The number of hydrogen-bond acceptors (Lipinski definition) is 11. The van der Waals surface area contributed by atoms with Gasteiger partial charge in [0.15, 0.2) is 17.3 Å². The first kappa shape index (κ1) is 50.2. The largest absolute Gasteiger partial charge is 0.494 e. The molecule has 2 saturated heterocycles. The molecule has 2 fully saturated rings. The number of carbonyl (C=O) groups excluding carboxylic acids is 4. The Morgan fingerprint density at radius 1 is 1.01 bits per heavy atom. The number of oxazole rings is 1. The molecule has 1 aromatic heterocycles. The molecule has 3 atom stereocenters. The Morgan fingerprint density at radius 2 is 1.71 bits per heavy atom. The number of aromatic nitrogens is 1. The maximum atomic E-state index is 15.8. The summed E-state index contributed by atoms with van der Waals surface area (Å²) in [5.41, 5.74) is 1.82. The van der Waals surface area contributed by atoms with Gasteiger partial charge in [0.1, 0.15) is 41.9 Å². The van der Waals surface area contributed by atoms with Crippen LogP contribution in [0, 0.1) is 22.6 Å². The molecule has 1 unspecified atom stereocenters. The van der Waals surface area contributed by atoms with Crippen LogP contribution in [-0.2, 0) is 30.5 Å². The number of unbranched alkanes of at least 4 members (excludes halogenated alkanes) is 1. The van der Waals surface area contributed by atoms with Crippen molar-refractivity contribution in [1.29, 1.82) is 5.26 Å². The van der Waals surface area contributed by atoms with Crippen LogP contribution in [0.5, 0.6) is 5.75 Å². The van der Waals surface area contributed by atoms with Crippen LogP contribution in [0.15, 0.2) is 102 Å². The van der Waals surface area contributed by atoms with E-state index < -0.39 is 52.7 Å². The number of amides is 4. The summed E-state index contributed by atoms with van der Waals surface area (Å²) < 4.78 is 32.6. The monoisotopic (exact) mass is 977 g/mol. The summed E-state index contributed by atoms with van der Waals surface area (Å²) in [6, 6.07) is 23.8. The zero-order valence-corrected chi connectivity index (χ0v) is 40.4. The van der Waals surface area contributed by atoms with E-state index in [0.29, 0.717) is 53.5 Å². The number of nitrogens with one attached hydrogen (secondary N) is 2.